The lowest BCUT2D eigenvalue weighted by Gasteiger charge is -2.14. The van der Waals surface area contributed by atoms with Crippen LogP contribution < -0.4 is 10.6 Å². The first-order valence-corrected chi connectivity index (χ1v) is 6.42. The van der Waals surface area contributed by atoms with Crippen LogP contribution in [0.15, 0.2) is 6.07 Å². The largest absolute Gasteiger partial charge is 0.349 e. The molecule has 0 aliphatic rings. The highest BCUT2D eigenvalue weighted by molar-refractivity contribution is 5.92. The smallest absolute Gasteiger partial charge is 0.271 e. The Kier molecular flexibility index (Phi) is 7.08. The Morgan fingerprint density at radius 3 is 2.58 bits per heavy atom. The number of H-pyrrole nitrogens is 1. The van der Waals surface area contributed by atoms with Crippen LogP contribution in [0.4, 0.5) is 0 Å². The second-order valence-corrected chi connectivity index (χ2v) is 5.59. The van der Waals surface area contributed by atoms with Gasteiger partial charge in [0.05, 0.1) is 0 Å². The molecule has 1 amide bonds. The van der Waals surface area contributed by atoms with Gasteiger partial charge in [-0.25, -0.2) is 0 Å². The normalized spacial score (nSPS) is 12.7. The van der Waals surface area contributed by atoms with Crippen molar-refractivity contribution in [3.63, 3.8) is 0 Å². The first-order chi connectivity index (χ1) is 8.34. The highest BCUT2D eigenvalue weighted by Gasteiger charge is 2.19. The molecule has 1 aromatic heterocycles. The Morgan fingerprint density at radius 1 is 1.47 bits per heavy atom. The summed E-state index contributed by atoms with van der Waals surface area (Å²) in [6.07, 6.45) is 0. The van der Waals surface area contributed by atoms with Crippen LogP contribution in [0.1, 0.15) is 50.8 Å². The van der Waals surface area contributed by atoms with Gasteiger partial charge in [0.1, 0.15) is 5.69 Å². The van der Waals surface area contributed by atoms with Crippen LogP contribution in [-0.4, -0.2) is 35.2 Å². The second-order valence-electron chi connectivity index (χ2n) is 5.59. The standard InChI is InChI=1S/C13H24N4O.ClH/c1-6-14-9(2)8-15-12(18)10-7-11(17-16-10)13(3,4)5;/h7,9,14H,6,8H2,1-5H3,(H,15,18)(H,16,17);1H/t9-;/m1./s1. The number of nitrogens with one attached hydrogen (secondary N) is 3. The van der Waals surface area contributed by atoms with Crippen LogP contribution in [0, 0.1) is 0 Å². The van der Waals surface area contributed by atoms with E-state index in [0.29, 0.717) is 12.2 Å². The Hall–Kier alpha value is -1.07. The number of aromatic nitrogens is 2. The molecular weight excluding hydrogens is 264 g/mol. The fraction of sp³-hybridized carbons (Fsp3) is 0.692. The topological polar surface area (TPSA) is 69.8 Å². The Labute approximate surface area is 121 Å². The maximum Gasteiger partial charge on any atom is 0.271 e. The summed E-state index contributed by atoms with van der Waals surface area (Å²) < 4.78 is 0. The molecule has 0 bridgehead atoms. The molecule has 1 rings (SSSR count). The molecule has 0 aromatic carbocycles. The maximum atomic E-state index is 11.9. The third-order valence-corrected chi connectivity index (χ3v) is 2.74. The van der Waals surface area contributed by atoms with Gasteiger partial charge in [0, 0.05) is 23.7 Å². The van der Waals surface area contributed by atoms with Gasteiger partial charge in [-0.1, -0.05) is 27.7 Å². The van der Waals surface area contributed by atoms with E-state index in [2.05, 4.69) is 41.6 Å². The molecule has 0 aliphatic carbocycles. The summed E-state index contributed by atoms with van der Waals surface area (Å²) in [4.78, 5) is 11.9. The first-order valence-electron chi connectivity index (χ1n) is 6.42. The van der Waals surface area contributed by atoms with E-state index in [1.807, 2.05) is 19.9 Å². The third-order valence-electron chi connectivity index (χ3n) is 2.74. The van der Waals surface area contributed by atoms with Crippen molar-refractivity contribution in [3.8, 4) is 0 Å². The molecule has 0 unspecified atom stereocenters. The van der Waals surface area contributed by atoms with Gasteiger partial charge in [-0.3, -0.25) is 9.89 Å². The Balaban J connectivity index is 0.00000324. The number of carbonyl (C=O) groups excluding carboxylic acids is 1. The van der Waals surface area contributed by atoms with Crippen molar-refractivity contribution in [2.24, 2.45) is 0 Å². The van der Waals surface area contributed by atoms with Gasteiger partial charge < -0.3 is 10.6 Å². The Bertz CT molecular complexity index is 398. The van der Waals surface area contributed by atoms with Crippen molar-refractivity contribution in [1.82, 2.24) is 20.8 Å². The summed E-state index contributed by atoms with van der Waals surface area (Å²) in [5.41, 5.74) is 1.39. The molecule has 19 heavy (non-hydrogen) atoms. The molecule has 3 N–H and O–H groups in total. The van der Waals surface area contributed by atoms with E-state index in [9.17, 15) is 4.79 Å². The minimum absolute atomic E-state index is 0. The lowest BCUT2D eigenvalue weighted by Crippen LogP contribution is -2.38. The van der Waals surface area contributed by atoms with Crippen molar-refractivity contribution in [2.75, 3.05) is 13.1 Å². The summed E-state index contributed by atoms with van der Waals surface area (Å²) in [7, 11) is 0. The van der Waals surface area contributed by atoms with Crippen LogP contribution in [0.5, 0.6) is 0 Å². The molecule has 0 spiro atoms. The maximum absolute atomic E-state index is 11.9. The van der Waals surface area contributed by atoms with Crippen LogP contribution in [0.2, 0.25) is 0 Å². The van der Waals surface area contributed by atoms with E-state index in [4.69, 9.17) is 0 Å². The van der Waals surface area contributed by atoms with Gasteiger partial charge in [0.25, 0.3) is 5.91 Å². The number of halogens is 1. The summed E-state index contributed by atoms with van der Waals surface area (Å²) >= 11 is 0. The van der Waals surface area contributed by atoms with Crippen LogP contribution in [-0.2, 0) is 5.41 Å². The lowest BCUT2D eigenvalue weighted by molar-refractivity contribution is 0.0945. The van der Waals surface area contributed by atoms with Gasteiger partial charge >= 0.3 is 0 Å². The molecule has 1 aromatic rings. The van der Waals surface area contributed by atoms with Gasteiger partial charge in [0.2, 0.25) is 0 Å². The number of rotatable bonds is 5. The summed E-state index contributed by atoms with van der Waals surface area (Å²) in [5.74, 6) is -0.133. The van der Waals surface area contributed by atoms with Crippen molar-refractivity contribution in [1.29, 1.82) is 0 Å². The number of nitrogens with zero attached hydrogens (tertiary/aromatic N) is 1. The van der Waals surface area contributed by atoms with Gasteiger partial charge in [-0.15, -0.1) is 12.4 Å². The molecular formula is C13H25ClN4O. The third kappa shape index (κ3) is 5.61. The molecule has 6 heteroatoms. The summed E-state index contributed by atoms with van der Waals surface area (Å²) in [6, 6.07) is 2.08. The van der Waals surface area contributed by atoms with Crippen LogP contribution >= 0.6 is 12.4 Å². The van der Waals surface area contributed by atoms with E-state index in [-0.39, 0.29) is 29.8 Å². The van der Waals surface area contributed by atoms with Crippen LogP contribution in [0.25, 0.3) is 0 Å². The first kappa shape index (κ1) is 17.9. The minimum Gasteiger partial charge on any atom is -0.349 e. The zero-order chi connectivity index (χ0) is 13.8. The van der Waals surface area contributed by atoms with Gasteiger partial charge in [0.15, 0.2) is 0 Å². The van der Waals surface area contributed by atoms with E-state index in [1.54, 1.807) is 0 Å². The van der Waals surface area contributed by atoms with Crippen molar-refractivity contribution in [3.05, 3.63) is 17.5 Å². The predicted octanol–water partition coefficient (Wildman–Crippen LogP) is 1.86. The predicted molar refractivity (Wildman–Crippen MR) is 80.0 cm³/mol. The molecule has 0 radical (unpaired) electrons. The number of aromatic amines is 1. The van der Waals surface area contributed by atoms with Crippen molar-refractivity contribution >= 4 is 18.3 Å². The molecule has 1 atom stereocenters. The zero-order valence-corrected chi connectivity index (χ0v) is 13.1. The number of hydrogen-bond donors (Lipinski definition) is 3. The summed E-state index contributed by atoms with van der Waals surface area (Å²) in [6.45, 7) is 11.8. The highest BCUT2D eigenvalue weighted by Crippen LogP contribution is 2.20. The fourth-order valence-electron chi connectivity index (χ4n) is 1.58. The second kappa shape index (κ2) is 7.50. The highest BCUT2D eigenvalue weighted by atomic mass is 35.5. The SMILES string of the molecule is CCN[C@H](C)CNC(=O)c1cc(C(C)(C)C)[nH]n1.Cl. The fourth-order valence-corrected chi connectivity index (χ4v) is 1.58. The van der Waals surface area contributed by atoms with Crippen molar-refractivity contribution in [2.45, 2.75) is 46.1 Å². The monoisotopic (exact) mass is 288 g/mol. The van der Waals surface area contributed by atoms with Crippen molar-refractivity contribution < 1.29 is 4.79 Å². The average Bonchev–Trinajstić information content (AvgIpc) is 2.75. The minimum atomic E-state index is -0.133. The number of likely N-dealkylation sites (N-methyl/N-ethyl adjacent to an activating group) is 1. The Morgan fingerprint density at radius 2 is 2.11 bits per heavy atom. The molecule has 1 heterocycles. The summed E-state index contributed by atoms with van der Waals surface area (Å²) in [5, 5.41) is 13.1. The zero-order valence-electron chi connectivity index (χ0n) is 12.3. The molecule has 110 valence electrons. The quantitative estimate of drug-likeness (QED) is 0.774. The molecule has 0 saturated heterocycles. The number of amides is 1. The van der Waals surface area contributed by atoms with E-state index in [0.717, 1.165) is 12.2 Å². The molecule has 0 fully saturated rings. The van der Waals surface area contributed by atoms with E-state index in [1.165, 1.54) is 0 Å². The molecule has 5 nitrogen and oxygen atoms in total. The van der Waals surface area contributed by atoms with Gasteiger partial charge in [-0.2, -0.15) is 5.10 Å². The number of hydrogen-bond acceptors (Lipinski definition) is 3. The average molecular weight is 289 g/mol. The number of carbonyl (C=O) groups is 1. The van der Waals surface area contributed by atoms with Gasteiger partial charge in [-0.05, 0) is 19.5 Å². The van der Waals surface area contributed by atoms with E-state index >= 15 is 0 Å². The van der Waals surface area contributed by atoms with Crippen LogP contribution in [0.3, 0.4) is 0 Å². The molecule has 0 saturated carbocycles. The lowest BCUT2D eigenvalue weighted by atomic mass is 9.92. The van der Waals surface area contributed by atoms with E-state index < -0.39 is 0 Å². The molecule has 0 aliphatic heterocycles.